The zero-order valence-corrected chi connectivity index (χ0v) is 12.4. The van der Waals surface area contributed by atoms with Crippen LogP contribution < -0.4 is 5.32 Å². The molecule has 0 aromatic heterocycles. The van der Waals surface area contributed by atoms with Crippen molar-refractivity contribution in [2.75, 3.05) is 6.54 Å². The van der Waals surface area contributed by atoms with Crippen LogP contribution in [0.5, 0.6) is 0 Å². The highest BCUT2D eigenvalue weighted by atomic mass is 35.5. The first-order chi connectivity index (χ1) is 8.90. The molecular formula is C15H22ClNO2. The van der Waals surface area contributed by atoms with E-state index in [1.165, 1.54) is 0 Å². The second kappa shape index (κ2) is 7.51. The molecule has 3 nitrogen and oxygen atoms in total. The molecule has 2 atom stereocenters. The number of rotatable bonds is 6. The van der Waals surface area contributed by atoms with Crippen molar-refractivity contribution in [3.8, 4) is 0 Å². The summed E-state index contributed by atoms with van der Waals surface area (Å²) in [6, 6.07) is 7.52. The van der Waals surface area contributed by atoms with E-state index in [-0.39, 0.29) is 17.7 Å². The molecule has 1 amide bonds. The summed E-state index contributed by atoms with van der Waals surface area (Å²) in [7, 11) is 0. The van der Waals surface area contributed by atoms with Gasteiger partial charge in [-0.15, -0.1) is 0 Å². The Morgan fingerprint density at radius 3 is 2.63 bits per heavy atom. The minimum absolute atomic E-state index is 0.0420. The molecule has 2 unspecified atom stereocenters. The highest BCUT2D eigenvalue weighted by Crippen LogP contribution is 2.14. The Morgan fingerprint density at radius 1 is 1.37 bits per heavy atom. The first-order valence-electron chi connectivity index (χ1n) is 6.60. The van der Waals surface area contributed by atoms with Crippen LogP contribution in [0.2, 0.25) is 5.02 Å². The molecule has 1 aromatic carbocycles. The molecule has 0 aliphatic rings. The number of hydrogen-bond donors (Lipinski definition) is 2. The second-order valence-electron chi connectivity index (χ2n) is 5.29. The lowest BCUT2D eigenvalue weighted by Gasteiger charge is -2.17. The van der Waals surface area contributed by atoms with Gasteiger partial charge in [0.05, 0.1) is 6.10 Å². The summed E-state index contributed by atoms with van der Waals surface area (Å²) in [6.45, 7) is 6.02. The third-order valence-corrected chi connectivity index (χ3v) is 3.37. The molecule has 0 heterocycles. The number of aliphatic hydroxyl groups is 1. The van der Waals surface area contributed by atoms with Gasteiger partial charge < -0.3 is 10.4 Å². The van der Waals surface area contributed by atoms with E-state index in [1.54, 1.807) is 0 Å². The van der Waals surface area contributed by atoms with Gasteiger partial charge in [0.2, 0.25) is 5.91 Å². The van der Waals surface area contributed by atoms with Gasteiger partial charge in [0.1, 0.15) is 0 Å². The molecule has 106 valence electrons. The third kappa shape index (κ3) is 5.62. The van der Waals surface area contributed by atoms with Gasteiger partial charge in [0.25, 0.3) is 0 Å². The van der Waals surface area contributed by atoms with Gasteiger partial charge in [0, 0.05) is 17.5 Å². The van der Waals surface area contributed by atoms with Gasteiger partial charge in [0.15, 0.2) is 0 Å². The smallest absolute Gasteiger partial charge is 0.223 e. The Bertz CT molecular complexity index is 420. The minimum Gasteiger partial charge on any atom is -0.391 e. The van der Waals surface area contributed by atoms with E-state index >= 15 is 0 Å². The maximum atomic E-state index is 11.9. The molecule has 0 radical (unpaired) electrons. The van der Waals surface area contributed by atoms with E-state index < -0.39 is 6.10 Å². The predicted molar refractivity (Wildman–Crippen MR) is 78.2 cm³/mol. The second-order valence-corrected chi connectivity index (χ2v) is 5.73. The van der Waals surface area contributed by atoms with Gasteiger partial charge in [-0.2, -0.15) is 0 Å². The SMILES string of the molecule is CC(Cc1cccc(Cl)c1)C(=O)NCC(O)C(C)C. The van der Waals surface area contributed by atoms with Crippen LogP contribution in [-0.2, 0) is 11.2 Å². The molecule has 0 saturated carbocycles. The number of benzene rings is 1. The van der Waals surface area contributed by atoms with Crippen molar-refractivity contribution >= 4 is 17.5 Å². The Hall–Kier alpha value is -1.06. The fraction of sp³-hybridized carbons (Fsp3) is 0.533. The lowest BCUT2D eigenvalue weighted by Crippen LogP contribution is -2.38. The molecule has 19 heavy (non-hydrogen) atoms. The number of aliphatic hydroxyl groups excluding tert-OH is 1. The van der Waals surface area contributed by atoms with E-state index in [9.17, 15) is 9.90 Å². The Balaban J connectivity index is 2.45. The van der Waals surface area contributed by atoms with Gasteiger partial charge in [-0.05, 0) is 30.0 Å². The van der Waals surface area contributed by atoms with Gasteiger partial charge in [-0.3, -0.25) is 4.79 Å². The molecule has 0 bridgehead atoms. The number of carbonyl (C=O) groups excluding carboxylic acids is 1. The normalized spacial score (nSPS) is 14.2. The van der Waals surface area contributed by atoms with Crippen molar-refractivity contribution in [3.05, 3.63) is 34.9 Å². The fourth-order valence-corrected chi connectivity index (χ4v) is 1.94. The highest BCUT2D eigenvalue weighted by molar-refractivity contribution is 6.30. The summed E-state index contributed by atoms with van der Waals surface area (Å²) in [5.41, 5.74) is 1.04. The standard InChI is InChI=1S/C15H22ClNO2/c1-10(2)14(18)9-17-15(19)11(3)7-12-5-4-6-13(16)8-12/h4-6,8,10-11,14,18H,7,9H2,1-3H3,(H,17,19). The molecule has 0 aliphatic carbocycles. The maximum Gasteiger partial charge on any atom is 0.223 e. The van der Waals surface area contributed by atoms with Crippen LogP contribution in [0.15, 0.2) is 24.3 Å². The van der Waals surface area contributed by atoms with Gasteiger partial charge in [-0.1, -0.05) is 44.5 Å². The van der Waals surface area contributed by atoms with Crippen LogP contribution in [0.25, 0.3) is 0 Å². The number of hydrogen-bond acceptors (Lipinski definition) is 2. The lowest BCUT2D eigenvalue weighted by atomic mass is 10.00. The average molecular weight is 284 g/mol. The van der Waals surface area contributed by atoms with Crippen molar-refractivity contribution in [2.24, 2.45) is 11.8 Å². The summed E-state index contributed by atoms with van der Waals surface area (Å²) < 4.78 is 0. The lowest BCUT2D eigenvalue weighted by molar-refractivity contribution is -0.125. The average Bonchev–Trinajstić information content (AvgIpc) is 2.35. The summed E-state index contributed by atoms with van der Waals surface area (Å²) in [4.78, 5) is 11.9. The summed E-state index contributed by atoms with van der Waals surface area (Å²) in [6.07, 6.45) is 0.145. The highest BCUT2D eigenvalue weighted by Gasteiger charge is 2.16. The van der Waals surface area contributed by atoms with Crippen LogP contribution in [0.4, 0.5) is 0 Å². The first-order valence-corrected chi connectivity index (χ1v) is 6.98. The Kier molecular flexibility index (Phi) is 6.32. The fourth-order valence-electron chi connectivity index (χ4n) is 1.73. The van der Waals surface area contributed by atoms with Crippen LogP contribution in [-0.4, -0.2) is 23.7 Å². The third-order valence-electron chi connectivity index (χ3n) is 3.13. The molecule has 1 aromatic rings. The molecule has 2 N–H and O–H groups in total. The Labute approximate surface area is 120 Å². The monoisotopic (exact) mass is 283 g/mol. The van der Waals surface area contributed by atoms with Gasteiger partial charge >= 0.3 is 0 Å². The number of halogens is 1. The van der Waals surface area contributed by atoms with Crippen molar-refractivity contribution < 1.29 is 9.90 Å². The molecule has 0 aliphatic heterocycles. The summed E-state index contributed by atoms with van der Waals surface area (Å²) in [5, 5.41) is 13.1. The molecule has 0 spiro atoms. The quantitative estimate of drug-likeness (QED) is 0.843. The van der Waals surface area contributed by atoms with E-state index in [0.717, 1.165) is 5.56 Å². The molecule has 1 rings (SSSR count). The molecule has 4 heteroatoms. The topological polar surface area (TPSA) is 49.3 Å². The summed E-state index contributed by atoms with van der Waals surface area (Å²) in [5.74, 6) is -0.0407. The van der Waals surface area contributed by atoms with E-state index in [1.807, 2.05) is 45.0 Å². The maximum absolute atomic E-state index is 11.9. The minimum atomic E-state index is -0.498. The zero-order valence-electron chi connectivity index (χ0n) is 11.7. The van der Waals surface area contributed by atoms with Crippen molar-refractivity contribution in [2.45, 2.75) is 33.3 Å². The van der Waals surface area contributed by atoms with Crippen molar-refractivity contribution in [3.63, 3.8) is 0 Å². The van der Waals surface area contributed by atoms with Crippen LogP contribution in [0, 0.1) is 11.8 Å². The molecular weight excluding hydrogens is 262 g/mol. The largest absolute Gasteiger partial charge is 0.391 e. The van der Waals surface area contributed by atoms with E-state index in [4.69, 9.17) is 11.6 Å². The number of carbonyl (C=O) groups is 1. The van der Waals surface area contributed by atoms with E-state index in [0.29, 0.717) is 18.0 Å². The Morgan fingerprint density at radius 2 is 2.05 bits per heavy atom. The predicted octanol–water partition coefficient (Wildman–Crippen LogP) is 2.65. The summed E-state index contributed by atoms with van der Waals surface area (Å²) >= 11 is 5.91. The molecule has 0 fully saturated rings. The number of amides is 1. The number of nitrogens with one attached hydrogen (secondary N) is 1. The zero-order chi connectivity index (χ0) is 14.4. The van der Waals surface area contributed by atoms with Crippen LogP contribution in [0.1, 0.15) is 26.3 Å². The molecule has 0 saturated heterocycles. The van der Waals surface area contributed by atoms with Crippen molar-refractivity contribution in [1.29, 1.82) is 0 Å². The van der Waals surface area contributed by atoms with Crippen LogP contribution in [0.3, 0.4) is 0 Å². The van der Waals surface area contributed by atoms with Crippen molar-refractivity contribution in [1.82, 2.24) is 5.32 Å². The van der Waals surface area contributed by atoms with Crippen LogP contribution >= 0.6 is 11.6 Å². The van der Waals surface area contributed by atoms with Gasteiger partial charge in [-0.25, -0.2) is 0 Å². The first kappa shape index (κ1) is 16.0. The van der Waals surface area contributed by atoms with E-state index in [2.05, 4.69) is 5.32 Å².